The number of amides is 1. The molecule has 0 atom stereocenters. The van der Waals surface area contributed by atoms with Crippen LogP contribution in [0.3, 0.4) is 0 Å². The Balaban J connectivity index is 3.00. The Labute approximate surface area is 117 Å². The van der Waals surface area contributed by atoms with Crippen LogP contribution < -0.4 is 5.32 Å². The van der Waals surface area contributed by atoms with Crippen molar-refractivity contribution >= 4 is 27.7 Å². The van der Waals surface area contributed by atoms with E-state index in [9.17, 15) is 31.1 Å². The summed E-state index contributed by atoms with van der Waals surface area (Å²) < 4.78 is 74.3. The molecule has 1 heterocycles. The van der Waals surface area contributed by atoms with Gasteiger partial charge in [-0.15, -0.1) is 0 Å². The average Bonchev–Trinajstić information content (AvgIpc) is 2.18. The number of halogens is 7. The number of pyridine rings is 1. The molecule has 0 aliphatic rings. The van der Waals surface area contributed by atoms with Gasteiger partial charge in [0.2, 0.25) is 11.8 Å². The second kappa shape index (κ2) is 5.58. The maximum atomic E-state index is 12.3. The van der Waals surface area contributed by atoms with Crippen LogP contribution in [0.5, 0.6) is 0 Å². The minimum absolute atomic E-state index is 0.394. The van der Waals surface area contributed by atoms with Crippen molar-refractivity contribution in [3.8, 4) is 0 Å². The van der Waals surface area contributed by atoms with E-state index in [1.165, 1.54) is 12.2 Å². The summed E-state index contributed by atoms with van der Waals surface area (Å²) in [6.07, 6.45) is -10.3. The second-order valence-corrected chi connectivity index (χ2v) is 4.68. The fourth-order valence-corrected chi connectivity index (χ4v) is 1.51. The monoisotopic (exact) mass is 364 g/mol. The van der Waals surface area contributed by atoms with Crippen LogP contribution in [0.15, 0.2) is 16.7 Å². The highest BCUT2D eigenvalue weighted by molar-refractivity contribution is 9.10. The van der Waals surface area contributed by atoms with Crippen LogP contribution in [0, 0.1) is 12.8 Å². The first-order chi connectivity index (χ1) is 8.93. The maximum absolute atomic E-state index is 12.3. The average molecular weight is 365 g/mol. The number of hydrogen-bond donors (Lipinski definition) is 1. The van der Waals surface area contributed by atoms with E-state index < -0.39 is 30.0 Å². The molecule has 1 rings (SSSR count). The van der Waals surface area contributed by atoms with Crippen LogP contribution in [0.2, 0.25) is 0 Å². The number of carbonyl (C=O) groups excluding carboxylic acids is 1. The lowest BCUT2D eigenvalue weighted by molar-refractivity contribution is -0.272. The third kappa shape index (κ3) is 4.09. The van der Waals surface area contributed by atoms with E-state index in [2.05, 4.69) is 20.9 Å². The van der Waals surface area contributed by atoms with Gasteiger partial charge in [0.15, 0.2) is 0 Å². The van der Waals surface area contributed by atoms with Gasteiger partial charge >= 0.3 is 12.4 Å². The quantitative estimate of drug-likeness (QED) is 0.810. The fraction of sp³-hybridized carbons (Fsp3) is 0.400. The Bertz CT molecular complexity index is 499. The van der Waals surface area contributed by atoms with Gasteiger partial charge in [0.25, 0.3) is 0 Å². The predicted octanol–water partition coefficient (Wildman–Crippen LogP) is 3.83. The molecule has 112 valence electrons. The van der Waals surface area contributed by atoms with Crippen molar-refractivity contribution in [2.75, 3.05) is 5.32 Å². The number of nitrogens with one attached hydrogen (secondary N) is 1. The highest BCUT2D eigenvalue weighted by atomic mass is 79.9. The molecular formula is C10H7BrF6N2O. The molecule has 0 spiro atoms. The molecule has 10 heteroatoms. The predicted molar refractivity (Wildman–Crippen MR) is 60.9 cm³/mol. The zero-order valence-electron chi connectivity index (χ0n) is 9.73. The van der Waals surface area contributed by atoms with Gasteiger partial charge in [-0.1, -0.05) is 0 Å². The molecule has 1 aromatic heterocycles. The summed E-state index contributed by atoms with van der Waals surface area (Å²) in [5, 5.41) is 1.51. The van der Waals surface area contributed by atoms with Gasteiger partial charge in [-0.3, -0.25) is 4.79 Å². The lowest BCUT2D eigenvalue weighted by Crippen LogP contribution is -2.45. The van der Waals surface area contributed by atoms with Gasteiger partial charge in [0.1, 0.15) is 5.82 Å². The molecule has 0 saturated heterocycles. The van der Waals surface area contributed by atoms with Gasteiger partial charge in [-0.2, -0.15) is 26.3 Å². The third-order valence-corrected chi connectivity index (χ3v) is 3.05. The smallest absolute Gasteiger partial charge is 0.310 e. The highest BCUT2D eigenvalue weighted by Gasteiger charge is 2.61. The Morgan fingerprint density at radius 1 is 1.25 bits per heavy atom. The van der Waals surface area contributed by atoms with Gasteiger partial charge in [0, 0.05) is 10.7 Å². The molecule has 3 nitrogen and oxygen atoms in total. The van der Waals surface area contributed by atoms with E-state index in [0.29, 0.717) is 10.0 Å². The summed E-state index contributed by atoms with van der Waals surface area (Å²) in [4.78, 5) is 14.7. The molecule has 1 N–H and O–H groups in total. The molecule has 0 aliphatic heterocycles. The lowest BCUT2D eigenvalue weighted by Gasteiger charge is -2.21. The molecule has 0 radical (unpaired) electrons. The molecule has 0 aliphatic carbocycles. The van der Waals surface area contributed by atoms with Crippen molar-refractivity contribution in [2.24, 2.45) is 5.92 Å². The van der Waals surface area contributed by atoms with Crippen LogP contribution >= 0.6 is 15.9 Å². The van der Waals surface area contributed by atoms with Crippen molar-refractivity contribution in [1.29, 1.82) is 0 Å². The number of rotatable bonds is 2. The normalized spacial score (nSPS) is 12.7. The molecule has 0 unspecified atom stereocenters. The minimum atomic E-state index is -5.73. The summed E-state index contributed by atoms with van der Waals surface area (Å²) >= 11 is 3.05. The largest absolute Gasteiger partial charge is 0.409 e. The Hall–Kier alpha value is -1.32. The van der Waals surface area contributed by atoms with Gasteiger partial charge in [0.05, 0.1) is 0 Å². The first-order valence-electron chi connectivity index (χ1n) is 4.99. The van der Waals surface area contributed by atoms with Crippen molar-refractivity contribution < 1.29 is 31.1 Å². The van der Waals surface area contributed by atoms with Gasteiger partial charge < -0.3 is 5.32 Å². The summed E-state index contributed by atoms with van der Waals surface area (Å²) in [6.45, 7) is 1.53. The fourth-order valence-electron chi connectivity index (χ4n) is 1.29. The number of hydrogen-bond acceptors (Lipinski definition) is 2. The molecule has 1 amide bonds. The van der Waals surface area contributed by atoms with Gasteiger partial charge in [-0.05, 0) is 34.5 Å². The molecule has 0 bridgehead atoms. The van der Waals surface area contributed by atoms with Gasteiger partial charge in [-0.25, -0.2) is 4.98 Å². The topological polar surface area (TPSA) is 42.0 Å². The minimum Gasteiger partial charge on any atom is -0.310 e. The highest BCUT2D eigenvalue weighted by Crippen LogP contribution is 2.39. The molecule has 0 aromatic carbocycles. The van der Waals surface area contributed by atoms with Crippen molar-refractivity contribution in [3.63, 3.8) is 0 Å². The Morgan fingerprint density at radius 3 is 2.15 bits per heavy atom. The Morgan fingerprint density at radius 2 is 1.75 bits per heavy atom. The zero-order valence-corrected chi connectivity index (χ0v) is 11.3. The zero-order chi connectivity index (χ0) is 15.7. The summed E-state index contributed by atoms with van der Waals surface area (Å²) in [6, 6.07) is 1.14. The van der Waals surface area contributed by atoms with E-state index in [4.69, 9.17) is 0 Å². The van der Waals surface area contributed by atoms with Crippen LogP contribution in [0.25, 0.3) is 0 Å². The molecule has 0 fully saturated rings. The standard InChI is InChI=1S/C10H7BrF6N2O/c1-4-2-6(18-3-5(4)11)19-8(20)7(9(12,13)14)10(15,16)17/h2-3,7H,1H3,(H,18,19,20). The van der Waals surface area contributed by atoms with Crippen molar-refractivity contribution in [3.05, 3.63) is 22.3 Å². The Kier molecular flexibility index (Phi) is 4.67. The molecule has 20 heavy (non-hydrogen) atoms. The number of nitrogens with zero attached hydrogens (tertiary/aromatic N) is 1. The van der Waals surface area contributed by atoms with Crippen LogP contribution in [-0.2, 0) is 4.79 Å². The first-order valence-corrected chi connectivity index (χ1v) is 5.78. The maximum Gasteiger partial charge on any atom is 0.409 e. The van der Waals surface area contributed by atoms with Crippen LogP contribution in [-0.4, -0.2) is 23.2 Å². The van der Waals surface area contributed by atoms with Crippen molar-refractivity contribution in [2.45, 2.75) is 19.3 Å². The number of carbonyl (C=O) groups is 1. The number of alkyl halides is 6. The molecular weight excluding hydrogens is 358 g/mol. The number of anilines is 1. The SMILES string of the molecule is Cc1cc(NC(=O)C(C(F)(F)F)C(F)(F)F)ncc1Br. The summed E-state index contributed by atoms with van der Waals surface area (Å²) in [5.74, 6) is -6.71. The third-order valence-electron chi connectivity index (χ3n) is 2.22. The summed E-state index contributed by atoms with van der Waals surface area (Å²) in [5.41, 5.74) is 0.492. The molecule has 1 aromatic rings. The summed E-state index contributed by atoms with van der Waals surface area (Å²) in [7, 11) is 0. The number of aromatic nitrogens is 1. The van der Waals surface area contributed by atoms with E-state index >= 15 is 0 Å². The second-order valence-electron chi connectivity index (χ2n) is 3.82. The van der Waals surface area contributed by atoms with E-state index in [0.717, 1.165) is 12.3 Å². The van der Waals surface area contributed by atoms with E-state index in [1.807, 2.05) is 0 Å². The lowest BCUT2D eigenvalue weighted by atomic mass is 10.1. The van der Waals surface area contributed by atoms with Crippen LogP contribution in [0.1, 0.15) is 5.56 Å². The van der Waals surface area contributed by atoms with Crippen molar-refractivity contribution in [1.82, 2.24) is 4.98 Å². The number of aryl methyl sites for hydroxylation is 1. The van der Waals surface area contributed by atoms with E-state index in [1.54, 1.807) is 0 Å². The first kappa shape index (κ1) is 16.7. The van der Waals surface area contributed by atoms with Crippen LogP contribution in [0.4, 0.5) is 32.2 Å². The molecule has 0 saturated carbocycles. The van der Waals surface area contributed by atoms with E-state index in [-0.39, 0.29) is 0 Å².